The number of anilines is 1. The Kier molecular flexibility index (Phi) is 8.95. The molecule has 3 aromatic carbocycles. The number of hydrogen-bond donors (Lipinski definition) is 2. The third-order valence-electron chi connectivity index (χ3n) is 6.70. The summed E-state index contributed by atoms with van der Waals surface area (Å²) >= 11 is 5.89. The Morgan fingerprint density at radius 2 is 1.77 bits per heavy atom. The lowest BCUT2D eigenvalue weighted by molar-refractivity contribution is -0.118. The van der Waals surface area contributed by atoms with Crippen LogP contribution in [0.3, 0.4) is 0 Å². The lowest BCUT2D eigenvalue weighted by Crippen LogP contribution is -2.41. The van der Waals surface area contributed by atoms with Crippen molar-refractivity contribution in [2.45, 2.75) is 6.54 Å². The van der Waals surface area contributed by atoms with Crippen molar-refractivity contribution in [3.63, 3.8) is 0 Å². The third-order valence-corrected chi connectivity index (χ3v) is 6.96. The number of aromatic nitrogens is 1. The van der Waals surface area contributed by atoms with Gasteiger partial charge < -0.3 is 24.7 Å². The lowest BCUT2D eigenvalue weighted by Gasteiger charge is -2.26. The molecule has 2 heterocycles. The molecule has 40 heavy (non-hydrogen) atoms. The van der Waals surface area contributed by atoms with E-state index in [0.717, 1.165) is 30.5 Å². The number of amides is 2. The number of carbonyl (C=O) groups is 2. The molecule has 208 valence electrons. The second-order valence-corrected chi connectivity index (χ2v) is 9.92. The summed E-state index contributed by atoms with van der Waals surface area (Å²) in [6.07, 6.45) is 0. The number of nitrogens with zero attached hydrogens (tertiary/aromatic N) is 2. The molecule has 8 nitrogen and oxygen atoms in total. The number of fused-ring (bicyclic) bond motifs is 1. The van der Waals surface area contributed by atoms with Crippen LogP contribution in [0.25, 0.3) is 10.9 Å². The molecule has 0 radical (unpaired) electrons. The van der Waals surface area contributed by atoms with Gasteiger partial charge in [-0.2, -0.15) is 0 Å². The number of hydrogen-bond acceptors (Lipinski definition) is 5. The summed E-state index contributed by atoms with van der Waals surface area (Å²) in [6.45, 7) is 4.26. The molecule has 4 aromatic rings. The summed E-state index contributed by atoms with van der Waals surface area (Å²) in [7, 11) is 0. The van der Waals surface area contributed by atoms with E-state index in [1.165, 1.54) is 6.07 Å². The number of carbonyl (C=O) groups excluding carboxylic acids is 2. The number of rotatable bonds is 10. The second kappa shape index (κ2) is 13.0. The van der Waals surface area contributed by atoms with E-state index >= 15 is 0 Å². The van der Waals surface area contributed by atoms with E-state index in [-0.39, 0.29) is 30.8 Å². The van der Waals surface area contributed by atoms with E-state index < -0.39 is 0 Å². The fraction of sp³-hybridized carbons (Fsp3) is 0.267. The minimum Gasteiger partial charge on any atom is -0.484 e. The highest BCUT2D eigenvalue weighted by Gasteiger charge is 2.18. The summed E-state index contributed by atoms with van der Waals surface area (Å²) < 4.78 is 27.3. The SMILES string of the molecule is O=C(COc1ccc(Cl)cc1)Nc1ccc2c(c1)cc(C(=O)NCCN1CCOCC1)n2Cc1ccccc1F. The van der Waals surface area contributed by atoms with Crippen LogP contribution in [0.4, 0.5) is 10.1 Å². The Morgan fingerprint density at radius 1 is 1.00 bits per heavy atom. The quantitative estimate of drug-likeness (QED) is 0.295. The monoisotopic (exact) mass is 564 g/mol. The Bertz CT molecular complexity index is 1490. The van der Waals surface area contributed by atoms with Gasteiger partial charge in [-0.05, 0) is 54.6 Å². The highest BCUT2D eigenvalue weighted by molar-refractivity contribution is 6.30. The molecule has 0 saturated carbocycles. The van der Waals surface area contributed by atoms with Gasteiger partial charge in [0, 0.05) is 53.4 Å². The fourth-order valence-electron chi connectivity index (χ4n) is 4.62. The molecule has 1 aliphatic rings. The topological polar surface area (TPSA) is 84.8 Å². The number of ether oxygens (including phenoxy) is 2. The minimum atomic E-state index is -0.340. The second-order valence-electron chi connectivity index (χ2n) is 9.48. The maximum atomic E-state index is 14.5. The Balaban J connectivity index is 1.32. The van der Waals surface area contributed by atoms with Crippen molar-refractivity contribution in [3.8, 4) is 5.75 Å². The molecule has 0 atom stereocenters. The van der Waals surface area contributed by atoms with Crippen LogP contribution >= 0.6 is 11.6 Å². The van der Waals surface area contributed by atoms with E-state index in [4.69, 9.17) is 21.1 Å². The largest absolute Gasteiger partial charge is 0.484 e. The van der Waals surface area contributed by atoms with E-state index in [1.54, 1.807) is 65.2 Å². The van der Waals surface area contributed by atoms with Gasteiger partial charge >= 0.3 is 0 Å². The number of halogens is 2. The minimum absolute atomic E-state index is 0.176. The fourth-order valence-corrected chi connectivity index (χ4v) is 4.75. The first kappa shape index (κ1) is 27.6. The molecule has 1 fully saturated rings. The van der Waals surface area contributed by atoms with Gasteiger partial charge in [0.2, 0.25) is 0 Å². The highest BCUT2D eigenvalue weighted by atomic mass is 35.5. The maximum Gasteiger partial charge on any atom is 0.267 e. The molecule has 1 aliphatic heterocycles. The van der Waals surface area contributed by atoms with Crippen LogP contribution in [0.15, 0.2) is 72.8 Å². The van der Waals surface area contributed by atoms with Crippen molar-refractivity contribution in [2.75, 3.05) is 51.3 Å². The van der Waals surface area contributed by atoms with E-state index in [0.29, 0.717) is 47.5 Å². The zero-order valence-electron chi connectivity index (χ0n) is 21.9. The summed E-state index contributed by atoms with van der Waals surface area (Å²) in [5, 5.41) is 7.15. The molecule has 5 rings (SSSR count). The van der Waals surface area contributed by atoms with Gasteiger partial charge in [-0.25, -0.2) is 4.39 Å². The van der Waals surface area contributed by atoms with Crippen LogP contribution in [0.1, 0.15) is 16.1 Å². The molecule has 10 heteroatoms. The van der Waals surface area contributed by atoms with Gasteiger partial charge in [0.15, 0.2) is 6.61 Å². The van der Waals surface area contributed by atoms with Crippen molar-refractivity contribution in [3.05, 3.63) is 94.9 Å². The van der Waals surface area contributed by atoms with Gasteiger partial charge in [0.1, 0.15) is 17.3 Å². The van der Waals surface area contributed by atoms with Crippen LogP contribution < -0.4 is 15.4 Å². The number of morpholine rings is 1. The molecule has 0 spiro atoms. The first-order valence-corrected chi connectivity index (χ1v) is 13.5. The summed E-state index contributed by atoms with van der Waals surface area (Å²) in [5.41, 5.74) is 2.19. The highest BCUT2D eigenvalue weighted by Crippen LogP contribution is 2.26. The van der Waals surface area contributed by atoms with Crippen LogP contribution in [0.5, 0.6) is 5.75 Å². The van der Waals surface area contributed by atoms with Crippen molar-refractivity contribution in [1.82, 2.24) is 14.8 Å². The molecule has 1 saturated heterocycles. The zero-order valence-corrected chi connectivity index (χ0v) is 22.6. The predicted molar refractivity (Wildman–Crippen MR) is 153 cm³/mol. The van der Waals surface area contributed by atoms with E-state index in [1.807, 2.05) is 6.07 Å². The Labute approximate surface area is 236 Å². The van der Waals surface area contributed by atoms with Crippen molar-refractivity contribution < 1.29 is 23.5 Å². The third kappa shape index (κ3) is 6.98. The number of nitrogens with one attached hydrogen (secondary N) is 2. The van der Waals surface area contributed by atoms with Crippen molar-refractivity contribution in [1.29, 1.82) is 0 Å². The summed E-state index contributed by atoms with van der Waals surface area (Å²) in [4.78, 5) is 28.0. The molecule has 1 aromatic heterocycles. The van der Waals surface area contributed by atoms with Crippen molar-refractivity contribution in [2.24, 2.45) is 0 Å². The normalized spacial score (nSPS) is 13.8. The van der Waals surface area contributed by atoms with E-state index in [2.05, 4.69) is 15.5 Å². The van der Waals surface area contributed by atoms with Crippen LogP contribution in [0.2, 0.25) is 5.02 Å². The summed E-state index contributed by atoms with van der Waals surface area (Å²) in [5.74, 6) is -0.388. The Morgan fingerprint density at radius 3 is 2.55 bits per heavy atom. The Hall–Kier alpha value is -3.92. The lowest BCUT2D eigenvalue weighted by atomic mass is 10.2. The first-order valence-electron chi connectivity index (χ1n) is 13.1. The standard InChI is InChI=1S/C30H30ClFN4O4/c31-23-5-8-25(9-6-23)40-20-29(37)34-24-7-10-27-22(17-24)18-28(36(27)19-21-3-1-2-4-26(21)32)30(38)33-11-12-35-13-15-39-16-14-35/h1-10,17-18H,11-16,19-20H2,(H,33,38)(H,34,37). The van der Waals surface area contributed by atoms with Crippen molar-refractivity contribution >= 4 is 40.0 Å². The molecule has 2 amide bonds. The van der Waals surface area contributed by atoms with Gasteiger partial charge in [-0.3, -0.25) is 14.5 Å². The molecular weight excluding hydrogens is 535 g/mol. The molecule has 0 bridgehead atoms. The number of benzene rings is 3. The zero-order chi connectivity index (χ0) is 27.9. The smallest absolute Gasteiger partial charge is 0.267 e. The van der Waals surface area contributed by atoms with Gasteiger partial charge in [-0.1, -0.05) is 29.8 Å². The molecular formula is C30H30ClFN4O4. The van der Waals surface area contributed by atoms with Crippen LogP contribution in [0, 0.1) is 5.82 Å². The van der Waals surface area contributed by atoms with Crippen LogP contribution in [-0.2, 0) is 16.1 Å². The maximum absolute atomic E-state index is 14.5. The molecule has 0 unspecified atom stereocenters. The van der Waals surface area contributed by atoms with Gasteiger partial charge in [0.05, 0.1) is 19.8 Å². The van der Waals surface area contributed by atoms with E-state index in [9.17, 15) is 14.0 Å². The van der Waals surface area contributed by atoms with Crippen LogP contribution in [-0.4, -0.2) is 67.3 Å². The predicted octanol–water partition coefficient (Wildman–Crippen LogP) is 4.56. The van der Waals surface area contributed by atoms with Gasteiger partial charge in [-0.15, -0.1) is 0 Å². The first-order chi connectivity index (χ1) is 19.5. The summed E-state index contributed by atoms with van der Waals surface area (Å²) in [6, 6.07) is 20.4. The molecule has 2 N–H and O–H groups in total. The average molecular weight is 565 g/mol. The average Bonchev–Trinajstić information content (AvgIpc) is 3.32. The van der Waals surface area contributed by atoms with Gasteiger partial charge in [0.25, 0.3) is 11.8 Å². The molecule has 0 aliphatic carbocycles.